The molecule has 4 heteroatoms. The summed E-state index contributed by atoms with van der Waals surface area (Å²) in [4.78, 5) is 0. The van der Waals surface area contributed by atoms with Gasteiger partial charge in [0.15, 0.2) is 0 Å². The van der Waals surface area contributed by atoms with Gasteiger partial charge in [0, 0.05) is 23.2 Å². The molecule has 1 saturated heterocycles. The topological polar surface area (TPSA) is 47.9 Å². The van der Waals surface area contributed by atoms with Crippen LogP contribution in [0.5, 0.6) is 0 Å². The maximum atomic E-state index is 9.32. The van der Waals surface area contributed by atoms with E-state index in [2.05, 4.69) is 16.7 Å². The highest BCUT2D eigenvalue weighted by molar-refractivity contribution is 6.32. The van der Waals surface area contributed by atoms with Gasteiger partial charge in [-0.05, 0) is 38.1 Å². The number of piperidine rings is 1. The molecule has 1 spiro atoms. The van der Waals surface area contributed by atoms with Gasteiger partial charge in [0.05, 0.1) is 10.6 Å². The molecule has 2 heterocycles. The van der Waals surface area contributed by atoms with Crippen molar-refractivity contribution in [3.8, 4) is 6.07 Å². The Morgan fingerprint density at radius 3 is 2.58 bits per heavy atom. The lowest BCUT2D eigenvalue weighted by Gasteiger charge is -2.34. The summed E-state index contributed by atoms with van der Waals surface area (Å²) in [5.74, 6) is 0. The summed E-state index contributed by atoms with van der Waals surface area (Å²) in [5, 5.41) is 16.7. The van der Waals surface area contributed by atoms with E-state index in [4.69, 9.17) is 11.6 Å². The summed E-state index contributed by atoms with van der Waals surface area (Å²) in [7, 11) is 0. The minimum atomic E-state index is 0.108. The van der Waals surface area contributed by atoms with Crippen molar-refractivity contribution in [3.63, 3.8) is 0 Å². The Kier molecular flexibility index (Phi) is 4.34. The second kappa shape index (κ2) is 5.81. The molecule has 0 amide bonds. The Morgan fingerprint density at radius 2 is 1.95 bits per heavy atom. The molecule has 1 aromatic carbocycles. The lowest BCUT2D eigenvalue weighted by molar-refractivity contribution is 0.334. The van der Waals surface area contributed by atoms with Gasteiger partial charge in [-0.2, -0.15) is 5.26 Å². The van der Waals surface area contributed by atoms with Gasteiger partial charge in [-0.1, -0.05) is 25.4 Å². The number of anilines is 1. The largest absolute Gasteiger partial charge is 0.384 e. The van der Waals surface area contributed by atoms with Crippen LogP contribution < -0.4 is 10.6 Å². The van der Waals surface area contributed by atoms with Crippen molar-refractivity contribution in [3.05, 3.63) is 28.3 Å². The maximum absolute atomic E-state index is 9.32. The molecule has 3 rings (SSSR count). The van der Waals surface area contributed by atoms with E-state index in [1.165, 1.54) is 0 Å². The van der Waals surface area contributed by atoms with E-state index >= 15 is 0 Å². The van der Waals surface area contributed by atoms with Gasteiger partial charge in [0.25, 0.3) is 0 Å². The highest BCUT2D eigenvalue weighted by atomic mass is 35.5. The molecule has 2 N–H and O–H groups in total. The highest BCUT2D eigenvalue weighted by Gasteiger charge is 2.42. The van der Waals surface area contributed by atoms with Gasteiger partial charge >= 0.3 is 0 Å². The first kappa shape index (κ1) is 14.2. The van der Waals surface area contributed by atoms with E-state index in [0.717, 1.165) is 43.7 Å². The van der Waals surface area contributed by atoms with E-state index < -0.39 is 0 Å². The number of halogens is 1. The average molecular weight is 278 g/mol. The second-order valence-electron chi connectivity index (χ2n) is 4.84. The van der Waals surface area contributed by atoms with Gasteiger partial charge in [-0.15, -0.1) is 0 Å². The number of nitrogens with zero attached hydrogens (tertiary/aromatic N) is 1. The van der Waals surface area contributed by atoms with Crippen molar-refractivity contribution in [2.24, 2.45) is 0 Å². The third-order valence-electron chi connectivity index (χ3n) is 3.97. The third kappa shape index (κ3) is 2.31. The van der Waals surface area contributed by atoms with Gasteiger partial charge in [-0.25, -0.2) is 0 Å². The van der Waals surface area contributed by atoms with Crippen LogP contribution in [0.2, 0.25) is 5.02 Å². The van der Waals surface area contributed by atoms with Gasteiger partial charge < -0.3 is 10.6 Å². The lowest BCUT2D eigenvalue weighted by Crippen LogP contribution is -2.41. The summed E-state index contributed by atoms with van der Waals surface area (Å²) in [6, 6.07) is 6.08. The van der Waals surface area contributed by atoms with Crippen molar-refractivity contribution >= 4 is 17.3 Å². The maximum Gasteiger partial charge on any atom is 0.101 e. The molecule has 2 aliphatic rings. The van der Waals surface area contributed by atoms with Crippen LogP contribution >= 0.6 is 11.6 Å². The van der Waals surface area contributed by atoms with E-state index in [9.17, 15) is 5.26 Å². The molecule has 0 aliphatic carbocycles. The van der Waals surface area contributed by atoms with Gasteiger partial charge in [0.1, 0.15) is 6.07 Å². The molecular weight excluding hydrogens is 258 g/mol. The smallest absolute Gasteiger partial charge is 0.101 e. The Morgan fingerprint density at radius 1 is 1.26 bits per heavy atom. The second-order valence-corrected chi connectivity index (χ2v) is 5.25. The molecule has 2 aliphatic heterocycles. The summed E-state index contributed by atoms with van der Waals surface area (Å²) in [6.07, 6.45) is 2.14. The lowest BCUT2D eigenvalue weighted by atomic mass is 9.73. The minimum Gasteiger partial charge on any atom is -0.384 e. The van der Waals surface area contributed by atoms with E-state index in [-0.39, 0.29) is 5.41 Å². The van der Waals surface area contributed by atoms with Crippen LogP contribution in [-0.4, -0.2) is 19.6 Å². The predicted molar refractivity (Wildman–Crippen MR) is 79.8 cm³/mol. The molecule has 3 nitrogen and oxygen atoms in total. The molecule has 0 radical (unpaired) electrons. The summed E-state index contributed by atoms with van der Waals surface area (Å²) >= 11 is 6.14. The third-order valence-corrected chi connectivity index (χ3v) is 4.29. The first-order valence-electron chi connectivity index (χ1n) is 6.94. The zero-order valence-corrected chi connectivity index (χ0v) is 12.3. The normalized spacial score (nSPS) is 18.8. The standard InChI is InChI=1S/C13H14ClN3.C2H6/c14-10-1-2-11-12(9(10)7-15)13(8-17-11)3-5-16-6-4-13;1-2/h1-2,16-17H,3-6,8H2;1-2H3. The molecule has 1 aromatic rings. The van der Waals surface area contributed by atoms with Crippen LogP contribution in [0.1, 0.15) is 37.8 Å². The minimum absolute atomic E-state index is 0.108. The molecule has 0 saturated carbocycles. The van der Waals surface area contributed by atoms with E-state index in [0.29, 0.717) is 10.6 Å². The van der Waals surface area contributed by atoms with E-state index in [1.54, 1.807) is 0 Å². The fourth-order valence-electron chi connectivity index (χ4n) is 3.07. The number of nitrogens with one attached hydrogen (secondary N) is 2. The van der Waals surface area contributed by atoms with Gasteiger partial charge in [0.2, 0.25) is 0 Å². The van der Waals surface area contributed by atoms with Crippen molar-refractivity contribution in [1.82, 2.24) is 5.32 Å². The van der Waals surface area contributed by atoms with E-state index in [1.807, 2.05) is 26.0 Å². The molecule has 0 atom stereocenters. The van der Waals surface area contributed by atoms with Crippen molar-refractivity contribution < 1.29 is 0 Å². The summed E-state index contributed by atoms with van der Waals surface area (Å²) in [5.41, 5.74) is 3.01. The van der Waals surface area contributed by atoms with Crippen molar-refractivity contribution in [1.29, 1.82) is 5.26 Å². The van der Waals surface area contributed by atoms with Crippen LogP contribution in [0.3, 0.4) is 0 Å². The van der Waals surface area contributed by atoms with Crippen LogP contribution in [0.4, 0.5) is 5.69 Å². The summed E-state index contributed by atoms with van der Waals surface area (Å²) in [6.45, 7) is 6.95. The van der Waals surface area contributed by atoms with Gasteiger partial charge in [-0.3, -0.25) is 0 Å². The van der Waals surface area contributed by atoms with Crippen LogP contribution in [0.25, 0.3) is 0 Å². The first-order chi connectivity index (χ1) is 9.27. The fourth-order valence-corrected chi connectivity index (χ4v) is 3.27. The highest BCUT2D eigenvalue weighted by Crippen LogP contribution is 2.46. The molecule has 0 aromatic heterocycles. The number of fused-ring (bicyclic) bond motifs is 2. The SMILES string of the molecule is CC.N#Cc1c(Cl)ccc2c1C1(CCNCC1)CN2. The van der Waals surface area contributed by atoms with Crippen LogP contribution in [0, 0.1) is 11.3 Å². The molecule has 102 valence electrons. The van der Waals surface area contributed by atoms with Crippen LogP contribution in [0.15, 0.2) is 12.1 Å². The summed E-state index contributed by atoms with van der Waals surface area (Å²) < 4.78 is 0. The molecule has 0 bridgehead atoms. The average Bonchev–Trinajstić information content (AvgIpc) is 2.81. The Balaban J connectivity index is 0.000000637. The fraction of sp³-hybridized carbons (Fsp3) is 0.533. The Labute approximate surface area is 120 Å². The Hall–Kier alpha value is -1.24. The monoisotopic (exact) mass is 277 g/mol. The first-order valence-corrected chi connectivity index (χ1v) is 7.32. The van der Waals surface area contributed by atoms with Crippen molar-refractivity contribution in [2.75, 3.05) is 25.0 Å². The molecule has 0 unspecified atom stereocenters. The zero-order chi connectivity index (χ0) is 13.9. The number of nitriles is 1. The molecule has 1 fully saturated rings. The quantitative estimate of drug-likeness (QED) is 0.765. The molecular formula is C15H20ClN3. The Bertz CT molecular complexity index is 493. The number of hydrogen-bond donors (Lipinski definition) is 2. The number of hydrogen-bond acceptors (Lipinski definition) is 3. The number of benzene rings is 1. The zero-order valence-electron chi connectivity index (χ0n) is 11.5. The van der Waals surface area contributed by atoms with Crippen molar-refractivity contribution in [2.45, 2.75) is 32.1 Å². The predicted octanol–water partition coefficient (Wildman–Crippen LogP) is 3.28. The molecule has 19 heavy (non-hydrogen) atoms. The number of rotatable bonds is 0. The van der Waals surface area contributed by atoms with Crippen LogP contribution in [-0.2, 0) is 5.41 Å².